The maximum absolute atomic E-state index is 12.9. The Labute approximate surface area is 101 Å². The predicted molar refractivity (Wildman–Crippen MR) is 67.1 cm³/mol. The van der Waals surface area contributed by atoms with Crippen LogP contribution in [0, 0.1) is 0 Å². The number of nitrogens with two attached hydrogens (primary N) is 1. The molecule has 1 atom stereocenters. The highest BCUT2D eigenvalue weighted by atomic mass is 19.1. The molecule has 0 aliphatic carbocycles. The van der Waals surface area contributed by atoms with Gasteiger partial charge in [-0.1, -0.05) is 12.1 Å². The van der Waals surface area contributed by atoms with Crippen LogP contribution in [-0.4, -0.2) is 30.4 Å². The van der Waals surface area contributed by atoms with Gasteiger partial charge in [-0.2, -0.15) is 0 Å². The summed E-state index contributed by atoms with van der Waals surface area (Å²) in [7, 11) is 0. The van der Waals surface area contributed by atoms with Crippen molar-refractivity contribution >= 4 is 5.69 Å². The third-order valence-electron chi connectivity index (χ3n) is 3.47. The molecule has 1 saturated heterocycles. The molecule has 1 fully saturated rings. The molecule has 1 aliphatic heterocycles. The molecule has 1 unspecified atom stereocenters. The summed E-state index contributed by atoms with van der Waals surface area (Å²) >= 11 is 0. The second kappa shape index (κ2) is 4.92. The van der Waals surface area contributed by atoms with Gasteiger partial charge in [0, 0.05) is 18.6 Å². The summed E-state index contributed by atoms with van der Waals surface area (Å²) in [5, 5.41) is 9.79. The molecule has 17 heavy (non-hydrogen) atoms. The van der Waals surface area contributed by atoms with Crippen LogP contribution in [0.3, 0.4) is 0 Å². The van der Waals surface area contributed by atoms with Crippen molar-refractivity contribution in [2.45, 2.75) is 24.8 Å². The minimum Gasteiger partial charge on any atom is -0.506 e. The summed E-state index contributed by atoms with van der Waals surface area (Å²) in [6.45, 7) is 1.04. The monoisotopic (exact) mass is 238 g/mol. The summed E-state index contributed by atoms with van der Waals surface area (Å²) < 4.78 is 12.9. The fraction of sp³-hybridized carbons (Fsp3) is 0.538. The number of phenols is 1. The molecule has 1 aromatic rings. The fourth-order valence-corrected chi connectivity index (χ4v) is 2.32. The van der Waals surface area contributed by atoms with Crippen molar-refractivity contribution in [1.29, 1.82) is 0 Å². The molecule has 1 aliphatic rings. The molecule has 0 amide bonds. The van der Waals surface area contributed by atoms with E-state index in [-0.39, 0.29) is 5.75 Å². The molecular formula is C13H19FN2O. The topological polar surface area (TPSA) is 49.5 Å². The van der Waals surface area contributed by atoms with Gasteiger partial charge in [0.2, 0.25) is 0 Å². The van der Waals surface area contributed by atoms with Gasteiger partial charge in [0.25, 0.3) is 0 Å². The van der Waals surface area contributed by atoms with E-state index in [1.54, 1.807) is 12.1 Å². The van der Waals surface area contributed by atoms with Crippen molar-refractivity contribution in [3.05, 3.63) is 24.3 Å². The highest BCUT2D eigenvalue weighted by Crippen LogP contribution is 2.30. The minimum absolute atomic E-state index is 0.275. The molecule has 3 N–H and O–H groups in total. The van der Waals surface area contributed by atoms with Gasteiger partial charge in [-0.05, 0) is 31.4 Å². The molecule has 4 heteroatoms. The Balaban J connectivity index is 2.12. The number of aromatic hydroxyl groups is 1. The number of phenolic OH excluding ortho intramolecular Hbond substituents is 1. The lowest BCUT2D eigenvalue weighted by molar-refractivity contribution is 0.281. The molecule has 3 nitrogen and oxygen atoms in total. The second-order valence-electron chi connectivity index (χ2n) is 4.83. The van der Waals surface area contributed by atoms with Gasteiger partial charge in [0.1, 0.15) is 12.4 Å². The number of benzene rings is 1. The van der Waals surface area contributed by atoms with E-state index >= 15 is 0 Å². The largest absolute Gasteiger partial charge is 0.506 e. The molecule has 0 radical (unpaired) electrons. The highest BCUT2D eigenvalue weighted by molar-refractivity contribution is 5.57. The van der Waals surface area contributed by atoms with Crippen LogP contribution in [0.1, 0.15) is 19.3 Å². The Morgan fingerprint density at radius 1 is 1.29 bits per heavy atom. The third-order valence-corrected chi connectivity index (χ3v) is 3.47. The predicted octanol–water partition coefficient (Wildman–Crippen LogP) is 2.05. The third kappa shape index (κ3) is 2.69. The normalized spacial score (nSPS) is 25.6. The average molecular weight is 238 g/mol. The Morgan fingerprint density at radius 3 is 2.76 bits per heavy atom. The maximum atomic E-state index is 12.9. The number of hydrogen-bond donors (Lipinski definition) is 2. The van der Waals surface area contributed by atoms with E-state index in [1.165, 1.54) is 0 Å². The maximum Gasteiger partial charge on any atom is 0.138 e. The van der Waals surface area contributed by atoms with Crippen LogP contribution in [0.15, 0.2) is 24.3 Å². The van der Waals surface area contributed by atoms with Gasteiger partial charge in [-0.25, -0.2) is 4.39 Å². The van der Waals surface area contributed by atoms with E-state index < -0.39 is 12.2 Å². The molecule has 94 valence electrons. The minimum atomic E-state index is -0.681. The Kier molecular flexibility index (Phi) is 3.52. The first-order valence-electron chi connectivity index (χ1n) is 6.02. The van der Waals surface area contributed by atoms with Crippen LogP contribution in [-0.2, 0) is 0 Å². The second-order valence-corrected chi connectivity index (χ2v) is 4.83. The zero-order valence-electron chi connectivity index (χ0n) is 9.90. The van der Waals surface area contributed by atoms with E-state index in [9.17, 15) is 9.50 Å². The number of anilines is 1. The lowest BCUT2D eigenvalue weighted by Crippen LogP contribution is -2.43. The van der Waals surface area contributed by atoms with Gasteiger partial charge in [-0.15, -0.1) is 0 Å². The summed E-state index contributed by atoms with van der Waals surface area (Å²) in [4.78, 5) is 2.08. The average Bonchev–Trinajstić information content (AvgIpc) is 2.53. The molecule has 0 bridgehead atoms. The Morgan fingerprint density at radius 2 is 2.06 bits per heavy atom. The van der Waals surface area contributed by atoms with Crippen LogP contribution >= 0.6 is 0 Å². The molecule has 0 spiro atoms. The Hall–Kier alpha value is -1.29. The highest BCUT2D eigenvalue weighted by Gasteiger charge is 2.29. The molecule has 2 rings (SSSR count). The van der Waals surface area contributed by atoms with Gasteiger partial charge in [-0.3, -0.25) is 0 Å². The number of rotatable bonds is 2. The van der Waals surface area contributed by atoms with Crippen molar-refractivity contribution in [3.63, 3.8) is 0 Å². The van der Waals surface area contributed by atoms with Crippen molar-refractivity contribution in [3.8, 4) is 5.75 Å². The molecule has 1 aromatic carbocycles. The van der Waals surface area contributed by atoms with Crippen LogP contribution in [0.4, 0.5) is 10.1 Å². The molecule has 0 saturated carbocycles. The van der Waals surface area contributed by atoms with Crippen molar-refractivity contribution < 1.29 is 9.50 Å². The van der Waals surface area contributed by atoms with E-state index in [0.717, 1.165) is 18.7 Å². The lowest BCUT2D eigenvalue weighted by atomic mass is 9.94. The molecular weight excluding hydrogens is 219 g/mol. The van der Waals surface area contributed by atoms with E-state index in [2.05, 4.69) is 4.90 Å². The number of para-hydroxylation sites is 2. The van der Waals surface area contributed by atoms with E-state index in [4.69, 9.17) is 5.73 Å². The van der Waals surface area contributed by atoms with Crippen LogP contribution in [0.2, 0.25) is 0 Å². The van der Waals surface area contributed by atoms with Gasteiger partial charge in [0.05, 0.1) is 5.69 Å². The zero-order chi connectivity index (χ0) is 12.3. The summed E-state index contributed by atoms with van der Waals surface area (Å²) in [5.41, 5.74) is 6.11. The lowest BCUT2D eigenvalue weighted by Gasteiger charge is -2.26. The number of halogens is 1. The number of alkyl halides is 1. The first-order chi connectivity index (χ1) is 8.14. The standard InChI is InChI=1S/C13H19FN2O/c14-10-13(15)6-3-8-16(9-7-13)11-4-1-2-5-12(11)17/h1-2,4-5,17H,3,6-10,15H2. The van der Waals surface area contributed by atoms with Crippen LogP contribution in [0.25, 0.3) is 0 Å². The van der Waals surface area contributed by atoms with Crippen molar-refractivity contribution in [1.82, 2.24) is 0 Å². The summed E-state index contributed by atoms with van der Waals surface area (Å²) in [6.07, 6.45) is 2.18. The zero-order valence-corrected chi connectivity index (χ0v) is 9.90. The van der Waals surface area contributed by atoms with E-state index in [1.807, 2.05) is 12.1 Å². The first kappa shape index (κ1) is 12.2. The van der Waals surface area contributed by atoms with E-state index in [0.29, 0.717) is 19.4 Å². The van der Waals surface area contributed by atoms with Gasteiger partial charge >= 0.3 is 0 Å². The SMILES string of the molecule is NC1(CF)CCCN(c2ccccc2O)CC1. The van der Waals surface area contributed by atoms with Crippen LogP contribution in [0.5, 0.6) is 5.75 Å². The number of nitrogens with zero attached hydrogens (tertiary/aromatic N) is 1. The summed E-state index contributed by atoms with van der Waals surface area (Å²) in [6, 6.07) is 7.25. The fourth-order valence-electron chi connectivity index (χ4n) is 2.32. The van der Waals surface area contributed by atoms with Crippen molar-refractivity contribution in [2.24, 2.45) is 5.73 Å². The molecule has 1 heterocycles. The quantitative estimate of drug-likeness (QED) is 0.829. The Bertz CT molecular complexity index is 385. The summed E-state index contributed by atoms with van der Waals surface area (Å²) in [5.74, 6) is 0.275. The first-order valence-corrected chi connectivity index (χ1v) is 6.02. The van der Waals surface area contributed by atoms with Crippen molar-refractivity contribution in [2.75, 3.05) is 24.7 Å². The van der Waals surface area contributed by atoms with Gasteiger partial charge in [0.15, 0.2) is 0 Å². The smallest absolute Gasteiger partial charge is 0.138 e. The van der Waals surface area contributed by atoms with Gasteiger partial charge < -0.3 is 15.7 Å². The number of hydrogen-bond acceptors (Lipinski definition) is 3. The molecule has 0 aromatic heterocycles. The van der Waals surface area contributed by atoms with Crippen LogP contribution < -0.4 is 10.6 Å².